The van der Waals surface area contributed by atoms with Gasteiger partial charge in [0, 0.05) is 47.3 Å². The quantitative estimate of drug-likeness (QED) is 0.173. The van der Waals surface area contributed by atoms with Gasteiger partial charge in [-0.2, -0.15) is 0 Å². The highest BCUT2D eigenvalue weighted by Gasteiger charge is 2.21. The van der Waals surface area contributed by atoms with Gasteiger partial charge < -0.3 is 17.7 Å². The predicted molar refractivity (Wildman–Crippen MR) is 195 cm³/mol. The predicted octanol–water partition coefficient (Wildman–Crippen LogP) is 10.3. The standard InChI is InChI=1S/C11H13NO.C10H12N2O.2C9H10N2O/c1-11(2,3)10-12-8-6-4-5-7-9(8)13-10;1-10(2,3)9-12-7-4-5-11-6-8(7)13-9;1-6(2)9-11-7-5-10-4-3-8(7)12-9;1-6(2)8-11-7-4-3-5-10-9(7)12-8/h4-7H,1-3H3;4-6H,1-3H3;2*3-6H,1-2H3. The molecule has 7 aromatic heterocycles. The molecule has 0 aliphatic heterocycles. The van der Waals surface area contributed by atoms with Crippen molar-refractivity contribution in [2.45, 2.75) is 91.9 Å². The van der Waals surface area contributed by atoms with Crippen molar-refractivity contribution in [3.8, 4) is 0 Å². The molecule has 7 heterocycles. The molecule has 1 aromatic carbocycles. The molecular weight excluding hydrogens is 630 g/mol. The summed E-state index contributed by atoms with van der Waals surface area (Å²) < 4.78 is 22.1. The zero-order valence-electron chi connectivity index (χ0n) is 30.4. The van der Waals surface area contributed by atoms with E-state index in [1.165, 1.54) is 0 Å². The maximum atomic E-state index is 5.62. The van der Waals surface area contributed by atoms with E-state index in [2.05, 4.69) is 90.3 Å². The van der Waals surface area contributed by atoms with Crippen molar-refractivity contribution in [1.29, 1.82) is 0 Å². The van der Waals surface area contributed by atoms with Gasteiger partial charge in [-0.05, 0) is 30.3 Å². The van der Waals surface area contributed by atoms with Gasteiger partial charge in [-0.25, -0.2) is 24.9 Å². The molecule has 11 nitrogen and oxygen atoms in total. The molecule has 0 aliphatic rings. The second-order valence-corrected chi connectivity index (χ2v) is 14.4. The van der Waals surface area contributed by atoms with E-state index in [0.717, 1.165) is 62.4 Å². The Morgan fingerprint density at radius 2 is 1.02 bits per heavy atom. The number of oxazole rings is 4. The zero-order valence-corrected chi connectivity index (χ0v) is 30.4. The van der Waals surface area contributed by atoms with Crippen LogP contribution >= 0.6 is 0 Å². The minimum atomic E-state index is -0.0426. The summed E-state index contributed by atoms with van der Waals surface area (Å²) in [5.74, 6) is 3.74. The lowest BCUT2D eigenvalue weighted by atomic mass is 9.97. The molecule has 8 aromatic rings. The van der Waals surface area contributed by atoms with Crippen molar-refractivity contribution in [1.82, 2.24) is 34.9 Å². The van der Waals surface area contributed by atoms with E-state index in [0.29, 0.717) is 17.5 Å². The molecule has 0 spiro atoms. The number of para-hydroxylation sites is 2. The van der Waals surface area contributed by atoms with Crippen molar-refractivity contribution >= 4 is 44.5 Å². The van der Waals surface area contributed by atoms with Crippen LogP contribution in [0.25, 0.3) is 44.5 Å². The minimum absolute atomic E-state index is 0.0149. The number of benzene rings is 1. The van der Waals surface area contributed by atoms with Crippen molar-refractivity contribution in [3.05, 3.63) is 103 Å². The van der Waals surface area contributed by atoms with E-state index in [9.17, 15) is 0 Å². The van der Waals surface area contributed by atoms with Gasteiger partial charge in [0.25, 0.3) is 0 Å². The van der Waals surface area contributed by atoms with Gasteiger partial charge in [0.1, 0.15) is 22.1 Å². The first-order valence-corrected chi connectivity index (χ1v) is 16.7. The van der Waals surface area contributed by atoms with Crippen LogP contribution in [-0.4, -0.2) is 34.9 Å². The number of aromatic nitrogens is 7. The number of nitrogens with zero attached hydrogens (tertiary/aromatic N) is 7. The molecular formula is C39H45N7O4. The number of hydrogen-bond acceptors (Lipinski definition) is 11. The largest absolute Gasteiger partial charge is 0.440 e. The Morgan fingerprint density at radius 1 is 0.480 bits per heavy atom. The highest BCUT2D eigenvalue weighted by atomic mass is 16.4. The van der Waals surface area contributed by atoms with Gasteiger partial charge in [-0.15, -0.1) is 0 Å². The molecule has 11 heteroatoms. The van der Waals surface area contributed by atoms with E-state index in [1.54, 1.807) is 31.0 Å². The molecule has 8 rings (SSSR count). The number of pyridine rings is 3. The zero-order chi connectivity index (χ0) is 36.1. The molecule has 0 unspecified atom stereocenters. The molecule has 0 bridgehead atoms. The van der Waals surface area contributed by atoms with Crippen LogP contribution in [0.1, 0.15) is 105 Å². The van der Waals surface area contributed by atoms with Crippen molar-refractivity contribution in [2.24, 2.45) is 0 Å². The van der Waals surface area contributed by atoms with Gasteiger partial charge in [0.2, 0.25) is 17.5 Å². The van der Waals surface area contributed by atoms with E-state index in [1.807, 2.05) is 62.4 Å². The summed E-state index contributed by atoms with van der Waals surface area (Å²) in [5, 5.41) is 0. The van der Waals surface area contributed by atoms with Crippen molar-refractivity contribution in [3.63, 3.8) is 0 Å². The fraction of sp³-hybridized carbons (Fsp3) is 0.359. The second-order valence-electron chi connectivity index (χ2n) is 14.4. The van der Waals surface area contributed by atoms with E-state index >= 15 is 0 Å². The van der Waals surface area contributed by atoms with Crippen molar-refractivity contribution in [2.75, 3.05) is 0 Å². The summed E-state index contributed by atoms with van der Waals surface area (Å²) in [7, 11) is 0. The SMILES string of the molecule is CC(C)(C)c1nc2ccccc2o1.CC(C)(C)c1nc2ccncc2o1.CC(C)c1nc2cccnc2o1.CC(C)c1nc2cnccc2o1. The third kappa shape index (κ3) is 8.96. The summed E-state index contributed by atoms with van der Waals surface area (Å²) in [6.07, 6.45) is 8.54. The Kier molecular flexibility index (Phi) is 10.7. The molecule has 0 radical (unpaired) electrons. The van der Waals surface area contributed by atoms with Gasteiger partial charge in [0.05, 0.1) is 12.4 Å². The van der Waals surface area contributed by atoms with E-state index in [-0.39, 0.29) is 10.8 Å². The monoisotopic (exact) mass is 675 g/mol. The van der Waals surface area contributed by atoms with Gasteiger partial charge in [0.15, 0.2) is 28.5 Å². The number of fused-ring (bicyclic) bond motifs is 4. The summed E-state index contributed by atoms with van der Waals surface area (Å²) in [6, 6.07) is 15.3. The van der Waals surface area contributed by atoms with Crippen LogP contribution in [0, 0.1) is 0 Å². The first-order chi connectivity index (χ1) is 23.7. The fourth-order valence-electron chi connectivity index (χ4n) is 4.37. The van der Waals surface area contributed by atoms with Crippen LogP contribution in [0.2, 0.25) is 0 Å². The Labute approximate surface area is 291 Å². The van der Waals surface area contributed by atoms with Gasteiger partial charge in [-0.3, -0.25) is 9.97 Å². The average Bonchev–Trinajstić information content (AvgIpc) is 3.88. The molecule has 0 N–H and O–H groups in total. The van der Waals surface area contributed by atoms with E-state index < -0.39 is 0 Å². The van der Waals surface area contributed by atoms with Crippen LogP contribution in [-0.2, 0) is 10.8 Å². The minimum Gasteiger partial charge on any atom is -0.440 e. The molecule has 0 atom stereocenters. The lowest BCUT2D eigenvalue weighted by molar-refractivity contribution is 0.410. The highest BCUT2D eigenvalue weighted by molar-refractivity contribution is 5.73. The summed E-state index contributed by atoms with van der Waals surface area (Å²) in [5.41, 5.74) is 6.49. The number of rotatable bonds is 2. The molecule has 0 aliphatic carbocycles. The Hall–Kier alpha value is -5.45. The van der Waals surface area contributed by atoms with Crippen molar-refractivity contribution < 1.29 is 17.7 Å². The third-order valence-corrected chi connectivity index (χ3v) is 7.15. The summed E-state index contributed by atoms with van der Waals surface area (Å²) >= 11 is 0. The second kappa shape index (κ2) is 15.0. The lowest BCUT2D eigenvalue weighted by Gasteiger charge is -2.11. The van der Waals surface area contributed by atoms with Crippen LogP contribution in [0.5, 0.6) is 0 Å². The smallest absolute Gasteiger partial charge is 0.246 e. The Bertz CT molecular complexity index is 1990. The highest BCUT2D eigenvalue weighted by Crippen LogP contribution is 2.26. The number of hydrogen-bond donors (Lipinski definition) is 0. The normalized spacial score (nSPS) is 11.8. The average molecular weight is 676 g/mol. The van der Waals surface area contributed by atoms with Crippen LogP contribution in [0.3, 0.4) is 0 Å². The maximum absolute atomic E-state index is 5.62. The molecule has 0 amide bonds. The van der Waals surface area contributed by atoms with Crippen LogP contribution in [0.4, 0.5) is 0 Å². The van der Waals surface area contributed by atoms with Gasteiger partial charge >= 0.3 is 0 Å². The van der Waals surface area contributed by atoms with Crippen LogP contribution in [0.15, 0.2) is 97.2 Å². The Balaban J connectivity index is 0.000000130. The summed E-state index contributed by atoms with van der Waals surface area (Å²) in [4.78, 5) is 29.4. The third-order valence-electron chi connectivity index (χ3n) is 7.15. The molecule has 50 heavy (non-hydrogen) atoms. The molecule has 0 saturated carbocycles. The fourth-order valence-corrected chi connectivity index (χ4v) is 4.37. The summed E-state index contributed by atoms with van der Waals surface area (Å²) in [6.45, 7) is 20.7. The molecule has 0 fully saturated rings. The molecule has 0 saturated heterocycles. The van der Waals surface area contributed by atoms with Gasteiger partial charge in [-0.1, -0.05) is 81.4 Å². The lowest BCUT2D eigenvalue weighted by Crippen LogP contribution is -2.10. The van der Waals surface area contributed by atoms with Crippen LogP contribution < -0.4 is 0 Å². The Morgan fingerprint density at radius 3 is 1.62 bits per heavy atom. The molecule has 260 valence electrons. The maximum Gasteiger partial charge on any atom is 0.246 e. The topological polar surface area (TPSA) is 143 Å². The first-order valence-electron chi connectivity index (χ1n) is 16.7. The first kappa shape index (κ1) is 35.8. The van der Waals surface area contributed by atoms with E-state index in [4.69, 9.17) is 17.7 Å².